The van der Waals surface area contributed by atoms with Gasteiger partial charge in [-0.15, -0.1) is 38.4 Å². The molecule has 18 heteroatoms. The number of nitrogens with zero attached hydrogens (tertiary/aromatic N) is 7. The first kappa shape index (κ1) is 23.5. The molecule has 5 rings (SSSR count). The molecule has 0 aliphatic carbocycles. The van der Waals surface area contributed by atoms with E-state index in [1.165, 1.54) is 53.2 Å². The van der Waals surface area contributed by atoms with Gasteiger partial charge in [0.1, 0.15) is 36.2 Å². The van der Waals surface area contributed by atoms with Gasteiger partial charge in [0.05, 0.1) is 0 Å². The molecule has 4 N–H and O–H groups in total. The van der Waals surface area contributed by atoms with Crippen LogP contribution in [0.15, 0.2) is 32.5 Å². The average molecular weight is 554 g/mol. The summed E-state index contributed by atoms with van der Waals surface area (Å²) in [5, 5.41) is 29.4. The van der Waals surface area contributed by atoms with Crippen molar-refractivity contribution in [2.75, 3.05) is 24.3 Å². The lowest BCUT2D eigenvalue weighted by Crippen LogP contribution is -2.71. The highest BCUT2D eigenvalue weighted by atomic mass is 32.2. The first-order chi connectivity index (χ1) is 16.9. The minimum atomic E-state index is -1.21. The summed E-state index contributed by atoms with van der Waals surface area (Å²) >= 11 is 5.19. The molecular weight excluding hydrogens is 539 g/mol. The number of fused-ring (bicyclic) bond motifs is 2. The van der Waals surface area contributed by atoms with E-state index in [0.717, 1.165) is 11.3 Å². The number of amides is 2. The second-order valence-corrected chi connectivity index (χ2v) is 11.2. The number of hydrogen-bond acceptors (Lipinski definition) is 14. The second-order valence-electron chi connectivity index (χ2n) is 7.03. The van der Waals surface area contributed by atoms with Crippen LogP contribution in [0.5, 0.6) is 0 Å². The number of thioether (sulfide) groups is 2. The molecule has 0 radical (unpaired) electrons. The number of oxime groups is 1. The fourth-order valence-electron chi connectivity index (χ4n) is 3.44. The van der Waals surface area contributed by atoms with Crippen molar-refractivity contribution in [1.29, 1.82) is 0 Å². The van der Waals surface area contributed by atoms with Gasteiger partial charge in [0.25, 0.3) is 11.8 Å². The van der Waals surface area contributed by atoms with Crippen LogP contribution in [0, 0.1) is 0 Å². The monoisotopic (exact) mass is 553 g/mol. The van der Waals surface area contributed by atoms with Crippen molar-refractivity contribution in [3.8, 4) is 0 Å². The molecule has 0 unspecified atom stereocenters. The Labute approximate surface area is 212 Å². The summed E-state index contributed by atoms with van der Waals surface area (Å²) in [6.45, 7) is 0. The molecule has 5 heterocycles. The Balaban J connectivity index is 1.30. The van der Waals surface area contributed by atoms with Crippen molar-refractivity contribution in [2.45, 2.75) is 15.8 Å². The van der Waals surface area contributed by atoms with Crippen LogP contribution in [-0.4, -0.2) is 88.3 Å². The maximum atomic E-state index is 12.9. The van der Waals surface area contributed by atoms with Gasteiger partial charge in [-0.2, -0.15) is 4.52 Å². The Bertz CT molecular complexity index is 1370. The van der Waals surface area contributed by atoms with E-state index in [4.69, 9.17) is 10.6 Å². The Morgan fingerprint density at radius 2 is 2.29 bits per heavy atom. The summed E-state index contributed by atoms with van der Waals surface area (Å²) in [4.78, 5) is 48.4. The van der Waals surface area contributed by atoms with Gasteiger partial charge in [-0.3, -0.25) is 14.5 Å². The number of β-lactam (4-membered cyclic amide) rings is 1. The molecule has 2 aliphatic rings. The maximum absolute atomic E-state index is 12.9. The third-order valence-electron chi connectivity index (χ3n) is 4.94. The van der Waals surface area contributed by atoms with Crippen molar-refractivity contribution in [1.82, 2.24) is 35.0 Å². The quantitative estimate of drug-likeness (QED) is 0.148. The van der Waals surface area contributed by atoms with E-state index in [-0.39, 0.29) is 22.2 Å². The third kappa shape index (κ3) is 4.32. The standard InChI is InChI=1S/C17H15N9O5S4/c1-31-24-8(7-4-33-15(18)20-7)11(27)21-9-12(28)26-10(14(29)30)6(2-32-13(9)26)3-34-17-23-25-5-19-22-16(25)35-17/h4-5,9,13H,2-3H2,1H3,(H2,18,20)(H,21,27)(H,29,30)/b24-8-/t9-,13-/m1/s1. The lowest BCUT2D eigenvalue weighted by molar-refractivity contribution is -0.150. The number of carbonyl (C=O) groups is 3. The van der Waals surface area contributed by atoms with Gasteiger partial charge in [0.2, 0.25) is 4.96 Å². The predicted molar refractivity (Wildman–Crippen MR) is 129 cm³/mol. The number of aliphatic carboxylic acids is 1. The summed E-state index contributed by atoms with van der Waals surface area (Å²) in [6, 6.07) is -0.923. The highest BCUT2D eigenvalue weighted by Crippen LogP contribution is 2.41. The smallest absolute Gasteiger partial charge is 0.352 e. The number of rotatable bonds is 8. The number of nitrogens with one attached hydrogen (secondary N) is 1. The van der Waals surface area contributed by atoms with Gasteiger partial charge >= 0.3 is 5.97 Å². The molecule has 3 aromatic heterocycles. The van der Waals surface area contributed by atoms with Crippen molar-refractivity contribution in [3.63, 3.8) is 0 Å². The summed E-state index contributed by atoms with van der Waals surface area (Å²) in [5.41, 5.74) is 6.23. The minimum Gasteiger partial charge on any atom is -0.477 e. The van der Waals surface area contributed by atoms with Crippen LogP contribution in [0.25, 0.3) is 4.96 Å². The number of thiazole rings is 1. The topological polar surface area (TPSA) is 190 Å². The lowest BCUT2D eigenvalue weighted by atomic mass is 10.0. The number of aromatic nitrogens is 5. The molecule has 14 nitrogen and oxygen atoms in total. The summed E-state index contributed by atoms with van der Waals surface area (Å²) in [7, 11) is 1.28. The molecule has 1 saturated heterocycles. The van der Waals surface area contributed by atoms with Gasteiger partial charge in [0, 0.05) is 16.9 Å². The summed E-state index contributed by atoms with van der Waals surface area (Å²) in [6.07, 6.45) is 1.48. The summed E-state index contributed by atoms with van der Waals surface area (Å²) in [5.74, 6) is -1.70. The average Bonchev–Trinajstić information content (AvgIpc) is 3.55. The zero-order valence-corrected chi connectivity index (χ0v) is 20.9. The molecule has 2 atom stereocenters. The summed E-state index contributed by atoms with van der Waals surface area (Å²) < 4.78 is 2.24. The van der Waals surface area contributed by atoms with E-state index >= 15 is 0 Å². The second kappa shape index (κ2) is 9.44. The van der Waals surface area contributed by atoms with Crippen LogP contribution in [0.2, 0.25) is 0 Å². The normalized spacial score (nSPS) is 20.1. The number of carboxylic acids is 1. The van der Waals surface area contributed by atoms with Crippen molar-refractivity contribution >= 4 is 79.8 Å². The van der Waals surface area contributed by atoms with Crippen LogP contribution in [0.3, 0.4) is 0 Å². The number of anilines is 1. The predicted octanol–water partition coefficient (Wildman–Crippen LogP) is 0.106. The molecule has 1 fully saturated rings. The van der Waals surface area contributed by atoms with Crippen molar-refractivity contribution in [2.24, 2.45) is 5.16 Å². The molecule has 0 saturated carbocycles. The van der Waals surface area contributed by atoms with Crippen LogP contribution in [0.4, 0.5) is 5.13 Å². The first-order valence-corrected chi connectivity index (χ1v) is 13.4. The third-order valence-corrected chi connectivity index (χ3v) is 9.08. The number of nitrogens with two attached hydrogens (primary N) is 1. The Hall–Kier alpha value is -3.22. The molecule has 2 aliphatic heterocycles. The van der Waals surface area contributed by atoms with Gasteiger partial charge in [-0.25, -0.2) is 9.78 Å². The van der Waals surface area contributed by atoms with Crippen LogP contribution in [0.1, 0.15) is 5.69 Å². The zero-order chi connectivity index (χ0) is 24.7. The first-order valence-electron chi connectivity index (χ1n) is 9.70. The minimum absolute atomic E-state index is 0.0715. The maximum Gasteiger partial charge on any atom is 0.352 e. The molecule has 182 valence electrons. The SMILES string of the molecule is CO/N=C(\C(=O)N[C@@H]1C(=O)N2C(C(=O)O)=C(CSc3nn4cnnc4s3)CS[C@H]12)c1csc(N)n1. The van der Waals surface area contributed by atoms with Crippen molar-refractivity contribution < 1.29 is 24.3 Å². The Morgan fingerprint density at radius 3 is 2.97 bits per heavy atom. The fraction of sp³-hybridized carbons (Fsp3) is 0.294. The number of hydrogen-bond donors (Lipinski definition) is 3. The van der Waals surface area contributed by atoms with Gasteiger partial charge in [-0.1, -0.05) is 28.3 Å². The van der Waals surface area contributed by atoms with Crippen LogP contribution in [-0.2, 0) is 19.2 Å². The fourth-order valence-corrected chi connectivity index (χ4v) is 7.34. The molecule has 3 aromatic rings. The van der Waals surface area contributed by atoms with E-state index in [2.05, 4.69) is 30.8 Å². The van der Waals surface area contributed by atoms with E-state index in [0.29, 0.717) is 26.4 Å². The van der Waals surface area contributed by atoms with Gasteiger partial charge in [0.15, 0.2) is 15.2 Å². The molecule has 0 spiro atoms. The van der Waals surface area contributed by atoms with E-state index in [9.17, 15) is 19.5 Å². The van der Waals surface area contributed by atoms with E-state index < -0.39 is 29.2 Å². The zero-order valence-electron chi connectivity index (χ0n) is 17.6. The Kier molecular flexibility index (Phi) is 6.34. The number of carbonyl (C=O) groups excluding carboxylic acids is 2. The number of nitrogen functional groups attached to an aromatic ring is 1. The lowest BCUT2D eigenvalue weighted by Gasteiger charge is -2.49. The Morgan fingerprint density at radius 1 is 1.46 bits per heavy atom. The molecule has 2 amide bonds. The van der Waals surface area contributed by atoms with Crippen LogP contribution < -0.4 is 11.1 Å². The molecule has 0 aromatic carbocycles. The van der Waals surface area contributed by atoms with E-state index in [1.807, 2.05) is 0 Å². The number of carboxylic acid groups (broad SMARTS) is 1. The van der Waals surface area contributed by atoms with E-state index in [1.54, 1.807) is 9.90 Å². The van der Waals surface area contributed by atoms with Gasteiger partial charge in [-0.05, 0) is 5.57 Å². The van der Waals surface area contributed by atoms with Crippen molar-refractivity contribution in [3.05, 3.63) is 28.7 Å². The van der Waals surface area contributed by atoms with Crippen LogP contribution >= 0.6 is 46.2 Å². The molecule has 35 heavy (non-hydrogen) atoms. The highest BCUT2D eigenvalue weighted by molar-refractivity contribution is 8.02. The molecular formula is C17H15N9O5S4. The van der Waals surface area contributed by atoms with Gasteiger partial charge < -0.3 is 21.0 Å². The highest BCUT2D eigenvalue weighted by Gasteiger charge is 2.54. The largest absolute Gasteiger partial charge is 0.477 e. The molecule has 0 bridgehead atoms.